The summed E-state index contributed by atoms with van der Waals surface area (Å²) >= 11 is 0. The molecule has 0 amide bonds. The van der Waals surface area contributed by atoms with Crippen LogP contribution in [0.3, 0.4) is 0 Å². The van der Waals surface area contributed by atoms with Crippen LogP contribution in [0.2, 0.25) is 0 Å². The van der Waals surface area contributed by atoms with Gasteiger partial charge in [0, 0.05) is 0 Å². The van der Waals surface area contributed by atoms with Gasteiger partial charge in [-0.05, 0) is 5.41 Å². The average molecular weight is 185 g/mol. The summed E-state index contributed by atoms with van der Waals surface area (Å²) in [5.74, 6) is -0.731. The molecule has 0 saturated heterocycles. The molecule has 1 unspecified atom stereocenters. The van der Waals surface area contributed by atoms with Crippen LogP contribution < -0.4 is 0 Å². The summed E-state index contributed by atoms with van der Waals surface area (Å²) in [6, 6.07) is 0. The van der Waals surface area contributed by atoms with E-state index in [9.17, 15) is 9.59 Å². The van der Waals surface area contributed by atoms with Crippen LogP contribution in [0, 0.1) is 11.3 Å². The van der Waals surface area contributed by atoms with Crippen molar-refractivity contribution in [3.05, 3.63) is 0 Å². The first-order valence-electron chi connectivity index (χ1n) is 4.05. The standard InChI is InChI=1S/C9H15NO3/c1-9(2,3)7(5-10-6-11)8(12)13-4/h7H,5H2,1-4H3. The monoisotopic (exact) mass is 185 g/mol. The molecule has 74 valence electrons. The zero-order valence-electron chi connectivity index (χ0n) is 8.46. The van der Waals surface area contributed by atoms with Gasteiger partial charge in [-0.25, -0.2) is 9.79 Å². The van der Waals surface area contributed by atoms with E-state index in [1.54, 1.807) is 0 Å². The minimum Gasteiger partial charge on any atom is -0.469 e. The number of methoxy groups -OCH3 is 1. The highest BCUT2D eigenvalue weighted by atomic mass is 16.5. The summed E-state index contributed by atoms with van der Waals surface area (Å²) in [6.07, 6.45) is 1.42. The van der Waals surface area contributed by atoms with Crippen molar-refractivity contribution in [2.24, 2.45) is 16.3 Å². The van der Waals surface area contributed by atoms with Gasteiger partial charge < -0.3 is 4.74 Å². The summed E-state index contributed by atoms with van der Waals surface area (Å²) in [6.45, 7) is 5.83. The van der Waals surface area contributed by atoms with E-state index in [-0.39, 0.29) is 23.8 Å². The number of nitrogens with zero attached hydrogens (tertiary/aromatic N) is 1. The molecule has 0 bridgehead atoms. The molecule has 4 nitrogen and oxygen atoms in total. The smallest absolute Gasteiger partial charge is 0.311 e. The van der Waals surface area contributed by atoms with Crippen molar-refractivity contribution in [2.75, 3.05) is 13.7 Å². The van der Waals surface area contributed by atoms with E-state index < -0.39 is 0 Å². The molecule has 1 atom stereocenters. The van der Waals surface area contributed by atoms with Crippen molar-refractivity contribution in [2.45, 2.75) is 20.8 Å². The number of aliphatic imine (C=N–C) groups is 1. The fraction of sp³-hybridized carbons (Fsp3) is 0.778. The largest absolute Gasteiger partial charge is 0.469 e. The normalized spacial score (nSPS) is 12.9. The molecule has 0 aromatic rings. The first-order chi connectivity index (χ1) is 5.93. The molecule has 0 aliphatic rings. The Kier molecular flexibility index (Phi) is 4.35. The third-order valence-corrected chi connectivity index (χ3v) is 1.87. The third-order valence-electron chi connectivity index (χ3n) is 1.87. The number of carbonyl (C=O) groups excluding carboxylic acids is 2. The van der Waals surface area contributed by atoms with E-state index in [1.807, 2.05) is 20.8 Å². The third kappa shape index (κ3) is 3.85. The van der Waals surface area contributed by atoms with Gasteiger partial charge in [0.25, 0.3) is 0 Å². The number of ether oxygens (including phenoxy) is 1. The molecule has 0 fully saturated rings. The summed E-state index contributed by atoms with van der Waals surface area (Å²) in [7, 11) is 1.33. The van der Waals surface area contributed by atoms with Crippen molar-refractivity contribution < 1.29 is 14.3 Å². The zero-order valence-corrected chi connectivity index (χ0v) is 8.46. The van der Waals surface area contributed by atoms with E-state index >= 15 is 0 Å². The molecule has 0 rings (SSSR count). The van der Waals surface area contributed by atoms with Gasteiger partial charge in [0.1, 0.15) is 0 Å². The second kappa shape index (κ2) is 4.77. The summed E-state index contributed by atoms with van der Waals surface area (Å²) in [5.41, 5.74) is -0.257. The molecule has 4 heteroatoms. The van der Waals surface area contributed by atoms with Crippen LogP contribution in [0.5, 0.6) is 0 Å². The van der Waals surface area contributed by atoms with Gasteiger partial charge in [-0.15, -0.1) is 0 Å². The van der Waals surface area contributed by atoms with Gasteiger partial charge in [0.15, 0.2) is 0 Å². The highest BCUT2D eigenvalue weighted by Gasteiger charge is 2.31. The molecule has 0 N–H and O–H groups in total. The Balaban J connectivity index is 4.55. The first-order valence-corrected chi connectivity index (χ1v) is 4.05. The second-order valence-corrected chi connectivity index (χ2v) is 3.87. The molecule has 0 aliphatic carbocycles. The Bertz CT molecular complexity index is 224. The van der Waals surface area contributed by atoms with E-state index in [0.717, 1.165) is 0 Å². The molecule has 0 aromatic carbocycles. The minimum absolute atomic E-state index is 0.139. The number of esters is 1. The highest BCUT2D eigenvalue weighted by Crippen LogP contribution is 2.26. The van der Waals surface area contributed by atoms with E-state index in [2.05, 4.69) is 9.73 Å². The van der Waals surface area contributed by atoms with Crippen LogP contribution in [-0.2, 0) is 14.3 Å². The molecular weight excluding hydrogens is 170 g/mol. The fourth-order valence-electron chi connectivity index (χ4n) is 0.973. The average Bonchev–Trinajstić information content (AvgIpc) is 2.02. The maximum atomic E-state index is 11.3. The maximum Gasteiger partial charge on any atom is 0.311 e. The molecule has 0 aromatic heterocycles. The number of isocyanates is 1. The lowest BCUT2D eigenvalue weighted by Gasteiger charge is -2.26. The van der Waals surface area contributed by atoms with Gasteiger partial charge in [0.2, 0.25) is 6.08 Å². The SMILES string of the molecule is COC(=O)C(CN=C=O)C(C)(C)C. The van der Waals surface area contributed by atoms with Gasteiger partial charge in [-0.2, -0.15) is 0 Å². The van der Waals surface area contributed by atoms with Crippen LogP contribution in [0.1, 0.15) is 20.8 Å². The molecule has 0 aliphatic heterocycles. The van der Waals surface area contributed by atoms with E-state index in [1.165, 1.54) is 13.2 Å². The lowest BCUT2D eigenvalue weighted by molar-refractivity contribution is -0.148. The van der Waals surface area contributed by atoms with Crippen molar-refractivity contribution in [1.29, 1.82) is 0 Å². The predicted octanol–water partition coefficient (Wildman–Crippen LogP) is 1.16. The van der Waals surface area contributed by atoms with Crippen LogP contribution in [0.15, 0.2) is 4.99 Å². The Morgan fingerprint density at radius 1 is 1.54 bits per heavy atom. The Labute approximate surface area is 78.0 Å². The van der Waals surface area contributed by atoms with Crippen LogP contribution in [0.25, 0.3) is 0 Å². The van der Waals surface area contributed by atoms with Crippen molar-refractivity contribution in [3.8, 4) is 0 Å². The lowest BCUT2D eigenvalue weighted by Crippen LogP contribution is -2.32. The predicted molar refractivity (Wildman–Crippen MR) is 47.9 cm³/mol. The van der Waals surface area contributed by atoms with Gasteiger partial charge >= 0.3 is 5.97 Å². The van der Waals surface area contributed by atoms with Gasteiger partial charge in [-0.3, -0.25) is 4.79 Å². The number of carbonyl (C=O) groups is 1. The molecule has 0 saturated carbocycles. The summed E-state index contributed by atoms with van der Waals surface area (Å²) in [5, 5.41) is 0. The molecular formula is C9H15NO3. The fourth-order valence-corrected chi connectivity index (χ4v) is 0.973. The van der Waals surface area contributed by atoms with Crippen molar-refractivity contribution >= 4 is 12.0 Å². The first kappa shape index (κ1) is 11.8. The lowest BCUT2D eigenvalue weighted by atomic mass is 9.81. The van der Waals surface area contributed by atoms with E-state index in [4.69, 9.17) is 0 Å². The minimum atomic E-state index is -0.390. The number of rotatable bonds is 3. The number of hydrogen-bond acceptors (Lipinski definition) is 4. The highest BCUT2D eigenvalue weighted by molar-refractivity contribution is 5.73. The second-order valence-electron chi connectivity index (χ2n) is 3.87. The van der Waals surface area contributed by atoms with E-state index in [0.29, 0.717) is 0 Å². The molecule has 0 spiro atoms. The Morgan fingerprint density at radius 2 is 2.08 bits per heavy atom. The Hall–Kier alpha value is -1.15. The molecule has 13 heavy (non-hydrogen) atoms. The Morgan fingerprint density at radius 3 is 2.38 bits per heavy atom. The topological polar surface area (TPSA) is 55.7 Å². The van der Waals surface area contributed by atoms with Gasteiger partial charge in [0.05, 0.1) is 19.6 Å². The quantitative estimate of drug-likeness (QED) is 0.376. The zero-order chi connectivity index (χ0) is 10.5. The molecule has 0 heterocycles. The van der Waals surface area contributed by atoms with Gasteiger partial charge in [-0.1, -0.05) is 20.8 Å². The summed E-state index contributed by atoms with van der Waals surface area (Å²) < 4.78 is 4.61. The van der Waals surface area contributed by atoms with Crippen LogP contribution >= 0.6 is 0 Å². The molecule has 0 radical (unpaired) electrons. The van der Waals surface area contributed by atoms with Crippen LogP contribution in [0.4, 0.5) is 0 Å². The maximum absolute atomic E-state index is 11.3. The number of hydrogen-bond donors (Lipinski definition) is 0. The van der Waals surface area contributed by atoms with Crippen molar-refractivity contribution in [3.63, 3.8) is 0 Å². The van der Waals surface area contributed by atoms with Crippen LogP contribution in [-0.4, -0.2) is 25.7 Å². The van der Waals surface area contributed by atoms with Crippen molar-refractivity contribution in [1.82, 2.24) is 0 Å². The summed E-state index contributed by atoms with van der Waals surface area (Å²) in [4.78, 5) is 24.6.